The van der Waals surface area contributed by atoms with Crippen LogP contribution in [0.15, 0.2) is 101 Å². The van der Waals surface area contributed by atoms with Gasteiger partial charge in [0.15, 0.2) is 5.82 Å². The first kappa shape index (κ1) is 26.0. The van der Waals surface area contributed by atoms with Crippen molar-refractivity contribution in [2.24, 2.45) is 5.10 Å². The lowest BCUT2D eigenvalue weighted by molar-refractivity contribution is -0.384. The molecule has 1 heterocycles. The number of rotatable bonds is 7. The van der Waals surface area contributed by atoms with Gasteiger partial charge in [-0.3, -0.25) is 14.9 Å². The van der Waals surface area contributed by atoms with Crippen LogP contribution in [0.4, 0.5) is 5.69 Å². The number of fused-ring (bicyclic) bond motifs is 1. The van der Waals surface area contributed by atoms with Crippen molar-refractivity contribution in [3.05, 3.63) is 130 Å². The second kappa shape index (κ2) is 11.4. The number of hydrogen-bond donors (Lipinski definition) is 0. The molecule has 8 nitrogen and oxygen atoms in total. The third kappa shape index (κ3) is 5.60. The molecule has 0 saturated heterocycles. The van der Waals surface area contributed by atoms with Gasteiger partial charge in [0.2, 0.25) is 0 Å². The zero-order chi connectivity index (χ0) is 26.6. The number of aromatic nitrogens is 2. The Hall–Kier alpha value is -3.65. The zero-order valence-electron chi connectivity index (χ0n) is 19.6. The number of halogens is 2. The largest absolute Gasteiger partial charge is 0.487 e. The van der Waals surface area contributed by atoms with E-state index in [-0.39, 0.29) is 17.9 Å². The maximum absolute atomic E-state index is 13.4. The average molecular weight is 728 g/mol. The minimum Gasteiger partial charge on any atom is -0.487 e. The predicted octanol–water partition coefficient (Wildman–Crippen LogP) is 6.64. The summed E-state index contributed by atoms with van der Waals surface area (Å²) in [5, 5.41) is 15.9. The predicted molar refractivity (Wildman–Crippen MR) is 164 cm³/mol. The highest BCUT2D eigenvalue weighted by molar-refractivity contribution is 14.1. The molecule has 188 valence electrons. The van der Waals surface area contributed by atoms with Crippen LogP contribution in [0.25, 0.3) is 22.3 Å². The van der Waals surface area contributed by atoms with Crippen LogP contribution in [0.3, 0.4) is 0 Å². The van der Waals surface area contributed by atoms with Crippen molar-refractivity contribution in [3.8, 4) is 17.1 Å². The molecule has 0 aliphatic rings. The lowest BCUT2D eigenvalue weighted by Gasteiger charge is -2.12. The van der Waals surface area contributed by atoms with Gasteiger partial charge in [-0.15, -0.1) is 0 Å². The highest BCUT2D eigenvalue weighted by Gasteiger charge is 2.13. The molecule has 0 spiro atoms. The lowest BCUT2D eigenvalue weighted by Crippen LogP contribution is -2.20. The number of ether oxygens (including phenoxy) is 1. The Morgan fingerprint density at radius 3 is 2.29 bits per heavy atom. The lowest BCUT2D eigenvalue weighted by atomic mass is 10.2. The molecule has 0 fully saturated rings. The molecule has 0 saturated carbocycles. The highest BCUT2D eigenvalue weighted by atomic mass is 127. The zero-order valence-corrected chi connectivity index (χ0v) is 23.9. The van der Waals surface area contributed by atoms with Gasteiger partial charge in [0.25, 0.3) is 11.2 Å². The molecular formula is C28H18I2N4O4. The van der Waals surface area contributed by atoms with E-state index in [1.807, 2.05) is 60.7 Å². The normalized spacial score (nSPS) is 11.2. The van der Waals surface area contributed by atoms with Gasteiger partial charge in [0.05, 0.1) is 29.2 Å². The summed E-state index contributed by atoms with van der Waals surface area (Å²) in [4.78, 5) is 28.5. The fraction of sp³-hybridized carbons (Fsp3) is 0.0357. The van der Waals surface area contributed by atoms with E-state index in [1.165, 1.54) is 16.8 Å². The number of benzene rings is 4. The van der Waals surface area contributed by atoms with Crippen molar-refractivity contribution in [3.63, 3.8) is 0 Å². The molecule has 0 unspecified atom stereocenters. The molecule has 0 atom stereocenters. The summed E-state index contributed by atoms with van der Waals surface area (Å²) < 4.78 is 9.08. The molecule has 10 heteroatoms. The number of nitrogens with zero attached hydrogens (tertiary/aromatic N) is 4. The third-order valence-electron chi connectivity index (χ3n) is 5.66. The Morgan fingerprint density at radius 2 is 1.61 bits per heavy atom. The monoisotopic (exact) mass is 728 g/mol. The summed E-state index contributed by atoms with van der Waals surface area (Å²) in [5.41, 5.74) is 2.80. The molecular weight excluding hydrogens is 710 g/mol. The van der Waals surface area contributed by atoms with Gasteiger partial charge in [-0.05, 0) is 92.7 Å². The van der Waals surface area contributed by atoms with Crippen LogP contribution in [0.2, 0.25) is 0 Å². The minimum atomic E-state index is -0.429. The highest BCUT2D eigenvalue weighted by Crippen LogP contribution is 2.29. The topological polar surface area (TPSA) is 99.6 Å². The van der Waals surface area contributed by atoms with Gasteiger partial charge in [-0.2, -0.15) is 9.78 Å². The second-order valence-corrected chi connectivity index (χ2v) is 10.5. The summed E-state index contributed by atoms with van der Waals surface area (Å²) in [5.74, 6) is 1.16. The van der Waals surface area contributed by atoms with Crippen molar-refractivity contribution in [2.45, 2.75) is 6.61 Å². The van der Waals surface area contributed by atoms with Crippen LogP contribution >= 0.6 is 45.2 Å². The summed E-state index contributed by atoms with van der Waals surface area (Å²) in [6.07, 6.45) is 1.63. The quantitative estimate of drug-likeness (QED) is 0.0810. The van der Waals surface area contributed by atoms with Crippen molar-refractivity contribution in [2.75, 3.05) is 0 Å². The maximum Gasteiger partial charge on any atom is 0.282 e. The fourth-order valence-electron chi connectivity index (χ4n) is 3.79. The first-order valence-corrected chi connectivity index (χ1v) is 13.5. The molecule has 0 radical (unpaired) electrons. The smallest absolute Gasteiger partial charge is 0.282 e. The number of non-ortho nitro benzene ring substituents is 1. The van der Waals surface area contributed by atoms with Crippen LogP contribution in [0, 0.1) is 17.3 Å². The summed E-state index contributed by atoms with van der Waals surface area (Å²) in [6.45, 7) is 0.274. The van der Waals surface area contributed by atoms with Crippen LogP contribution in [0.5, 0.6) is 5.75 Å². The Morgan fingerprint density at radius 1 is 0.947 bits per heavy atom. The molecule has 5 rings (SSSR count). The van der Waals surface area contributed by atoms with Gasteiger partial charge in [0.1, 0.15) is 12.4 Å². The van der Waals surface area contributed by atoms with E-state index < -0.39 is 4.92 Å². The van der Waals surface area contributed by atoms with E-state index in [4.69, 9.17) is 9.72 Å². The van der Waals surface area contributed by atoms with Gasteiger partial charge in [-0.25, -0.2) is 4.98 Å². The van der Waals surface area contributed by atoms with Crippen LogP contribution in [-0.2, 0) is 6.61 Å². The van der Waals surface area contributed by atoms with E-state index in [0.29, 0.717) is 22.5 Å². The Balaban J connectivity index is 1.45. The average Bonchev–Trinajstić information content (AvgIpc) is 2.93. The maximum atomic E-state index is 13.4. The molecule has 0 N–H and O–H groups in total. The fourth-order valence-corrected chi connectivity index (χ4v) is 5.92. The van der Waals surface area contributed by atoms with E-state index in [1.54, 1.807) is 24.4 Å². The molecule has 0 amide bonds. The van der Waals surface area contributed by atoms with Crippen molar-refractivity contribution in [1.82, 2.24) is 9.66 Å². The molecule has 5 aromatic rings. The van der Waals surface area contributed by atoms with E-state index in [0.717, 1.165) is 23.8 Å². The summed E-state index contributed by atoms with van der Waals surface area (Å²) in [7, 11) is 0. The molecule has 0 aliphatic heterocycles. The van der Waals surface area contributed by atoms with Gasteiger partial charge in [0, 0.05) is 17.7 Å². The number of para-hydroxylation sites is 1. The summed E-state index contributed by atoms with van der Waals surface area (Å²) in [6, 6.07) is 26.8. The first-order valence-electron chi connectivity index (χ1n) is 11.4. The van der Waals surface area contributed by atoms with Gasteiger partial charge in [-0.1, -0.05) is 42.5 Å². The second-order valence-electron chi connectivity index (χ2n) is 8.21. The van der Waals surface area contributed by atoms with E-state index in [9.17, 15) is 14.9 Å². The number of hydrogen-bond acceptors (Lipinski definition) is 6. The van der Waals surface area contributed by atoms with Crippen molar-refractivity contribution < 1.29 is 9.66 Å². The molecule has 1 aromatic heterocycles. The first-order chi connectivity index (χ1) is 18.4. The van der Waals surface area contributed by atoms with E-state index in [2.05, 4.69) is 50.3 Å². The van der Waals surface area contributed by atoms with Gasteiger partial charge >= 0.3 is 0 Å². The molecule has 0 aliphatic carbocycles. The van der Waals surface area contributed by atoms with Crippen LogP contribution in [-0.4, -0.2) is 20.8 Å². The Kier molecular flexibility index (Phi) is 7.79. The molecule has 0 bridgehead atoms. The number of nitro groups is 1. The molecule has 38 heavy (non-hydrogen) atoms. The van der Waals surface area contributed by atoms with Crippen LogP contribution < -0.4 is 10.3 Å². The van der Waals surface area contributed by atoms with Crippen molar-refractivity contribution >= 4 is 68.0 Å². The summed E-state index contributed by atoms with van der Waals surface area (Å²) >= 11 is 4.39. The third-order valence-corrected chi connectivity index (χ3v) is 7.26. The van der Waals surface area contributed by atoms with Crippen LogP contribution in [0.1, 0.15) is 11.1 Å². The SMILES string of the molecule is O=c1c2ccccc2nc(-c2ccccc2)n1N=Cc1cc(I)c(OCc2ccc([N+](=O)[O-])cc2)c(I)c1. The molecule has 4 aromatic carbocycles. The standard InChI is InChI=1S/C28H18I2N4O4/c29-23-14-19(15-24(30)26(23)38-17-18-10-12-21(13-11-18)34(36)37)16-31-33-27(20-6-2-1-3-7-20)32-25-9-5-4-8-22(25)28(33)35/h1-16H,17H2. The Labute approximate surface area is 244 Å². The number of nitro benzene ring substituents is 1. The van der Waals surface area contributed by atoms with Crippen molar-refractivity contribution in [1.29, 1.82) is 0 Å². The minimum absolute atomic E-state index is 0.0395. The Bertz CT molecular complexity index is 1710. The van der Waals surface area contributed by atoms with E-state index >= 15 is 0 Å². The van der Waals surface area contributed by atoms with Gasteiger partial charge < -0.3 is 4.74 Å².